The molecule has 0 radical (unpaired) electrons. The van der Waals surface area contributed by atoms with E-state index in [1.54, 1.807) is 18.0 Å². The zero-order chi connectivity index (χ0) is 10.6. The third-order valence-electron chi connectivity index (χ3n) is 1.81. The number of hydrogen-bond donors (Lipinski definition) is 0. The van der Waals surface area contributed by atoms with Crippen molar-refractivity contribution in [3.8, 4) is 0 Å². The number of rotatable bonds is 4. The number of carbonyl (C=O) groups excluding carboxylic acids is 2. The van der Waals surface area contributed by atoms with Crippen LogP contribution in [0.15, 0.2) is 12.3 Å². The monoisotopic (exact) mass is 199 g/mol. The van der Waals surface area contributed by atoms with E-state index < -0.39 is 5.97 Å². The molecule has 1 aliphatic heterocycles. The Morgan fingerprint density at radius 3 is 2.86 bits per heavy atom. The number of hydrogen-bond acceptors (Lipinski definition) is 5. The third-order valence-corrected chi connectivity index (χ3v) is 1.81. The number of methoxy groups -OCH3 is 1. The number of nitrogens with zero attached hydrogens (tertiary/aromatic N) is 1. The van der Waals surface area contributed by atoms with Crippen LogP contribution in [0.1, 0.15) is 6.92 Å². The van der Waals surface area contributed by atoms with E-state index in [0.717, 1.165) is 0 Å². The molecule has 5 nitrogen and oxygen atoms in total. The highest BCUT2D eigenvalue weighted by molar-refractivity contribution is 5.83. The van der Waals surface area contributed by atoms with Gasteiger partial charge in [0.2, 0.25) is 0 Å². The van der Waals surface area contributed by atoms with E-state index >= 15 is 0 Å². The van der Waals surface area contributed by atoms with Crippen LogP contribution in [0.2, 0.25) is 0 Å². The largest absolute Gasteiger partial charge is 0.467 e. The maximum atomic E-state index is 10.9. The molecule has 78 valence electrons. The van der Waals surface area contributed by atoms with Gasteiger partial charge in [-0.05, 0) is 6.92 Å². The number of esters is 2. The average molecular weight is 199 g/mol. The molecular weight excluding hydrogens is 186 g/mol. The quantitative estimate of drug-likeness (QED) is 0.360. The van der Waals surface area contributed by atoms with Gasteiger partial charge in [-0.3, -0.25) is 0 Å². The summed E-state index contributed by atoms with van der Waals surface area (Å²) in [6, 6.07) is -0.231. The van der Waals surface area contributed by atoms with Gasteiger partial charge in [-0.1, -0.05) is 0 Å². The summed E-state index contributed by atoms with van der Waals surface area (Å²) in [5.74, 6) is -0.679. The van der Waals surface area contributed by atoms with Crippen LogP contribution in [0.5, 0.6) is 0 Å². The molecule has 0 aliphatic carbocycles. The Bertz CT molecular complexity index is 262. The van der Waals surface area contributed by atoms with Crippen LogP contribution >= 0.6 is 0 Å². The van der Waals surface area contributed by atoms with Gasteiger partial charge in [-0.2, -0.15) is 0 Å². The fourth-order valence-electron chi connectivity index (χ4n) is 1.01. The predicted octanol–water partition coefficient (Wildman–Crippen LogP) is -0.0796. The predicted molar refractivity (Wildman–Crippen MR) is 48.3 cm³/mol. The first-order valence-corrected chi connectivity index (χ1v) is 4.37. The molecule has 0 N–H and O–H groups in total. The molecule has 14 heavy (non-hydrogen) atoms. The summed E-state index contributed by atoms with van der Waals surface area (Å²) in [7, 11) is 1.34. The fraction of sp³-hybridized carbons (Fsp3) is 0.556. The Hall–Kier alpha value is -1.52. The molecule has 0 aromatic rings. The number of carbonyl (C=O) groups is 2. The van der Waals surface area contributed by atoms with Crippen molar-refractivity contribution in [1.29, 1.82) is 0 Å². The molecule has 1 atom stereocenters. The molecule has 0 spiro atoms. The second-order valence-corrected chi connectivity index (χ2v) is 2.80. The average Bonchev–Trinajstić information content (AvgIpc) is 2.93. The van der Waals surface area contributed by atoms with Gasteiger partial charge < -0.3 is 14.4 Å². The summed E-state index contributed by atoms with van der Waals surface area (Å²) in [6.45, 7) is 2.69. The highest BCUT2D eigenvalue weighted by Gasteiger charge is 2.38. The minimum atomic E-state index is -0.400. The lowest BCUT2D eigenvalue weighted by molar-refractivity contribution is -0.141. The molecule has 1 fully saturated rings. The van der Waals surface area contributed by atoms with E-state index in [9.17, 15) is 9.59 Å². The van der Waals surface area contributed by atoms with Crippen LogP contribution in [-0.2, 0) is 19.1 Å². The Balaban J connectivity index is 2.28. The Kier molecular flexibility index (Phi) is 3.50. The van der Waals surface area contributed by atoms with E-state index in [0.29, 0.717) is 13.2 Å². The second-order valence-electron chi connectivity index (χ2n) is 2.80. The molecule has 1 aliphatic rings. The van der Waals surface area contributed by atoms with Crippen molar-refractivity contribution in [1.82, 2.24) is 4.90 Å². The van der Waals surface area contributed by atoms with Crippen molar-refractivity contribution >= 4 is 11.9 Å². The molecule has 1 rings (SSSR count). The van der Waals surface area contributed by atoms with Gasteiger partial charge in [0, 0.05) is 18.8 Å². The zero-order valence-electron chi connectivity index (χ0n) is 8.23. The molecule has 1 saturated heterocycles. The van der Waals surface area contributed by atoms with Gasteiger partial charge in [0.05, 0.1) is 13.7 Å². The summed E-state index contributed by atoms with van der Waals surface area (Å²) in [4.78, 5) is 23.5. The van der Waals surface area contributed by atoms with Crippen molar-refractivity contribution < 1.29 is 19.1 Å². The second kappa shape index (κ2) is 4.64. The number of ether oxygens (including phenoxy) is 2. The summed E-state index contributed by atoms with van der Waals surface area (Å²) in [5, 5.41) is 0. The normalized spacial score (nSPS) is 19.6. The van der Waals surface area contributed by atoms with Crippen LogP contribution in [-0.4, -0.2) is 43.1 Å². The lowest BCUT2D eigenvalue weighted by Gasteiger charge is -1.97. The molecule has 0 amide bonds. The summed E-state index contributed by atoms with van der Waals surface area (Å²) < 4.78 is 9.20. The highest BCUT2D eigenvalue weighted by atomic mass is 16.5. The molecule has 0 bridgehead atoms. The van der Waals surface area contributed by atoms with Gasteiger partial charge in [0.1, 0.15) is 6.04 Å². The van der Waals surface area contributed by atoms with Crippen molar-refractivity contribution in [2.24, 2.45) is 0 Å². The molecular formula is C9H13NO4. The van der Waals surface area contributed by atoms with Gasteiger partial charge >= 0.3 is 11.9 Å². The first-order chi connectivity index (χ1) is 6.69. The first kappa shape index (κ1) is 10.6. The van der Waals surface area contributed by atoms with Crippen molar-refractivity contribution in [3.05, 3.63) is 12.3 Å². The smallest absolute Gasteiger partial charge is 0.332 e. The van der Waals surface area contributed by atoms with E-state index in [1.165, 1.54) is 13.2 Å². The van der Waals surface area contributed by atoms with Gasteiger partial charge in [0.15, 0.2) is 0 Å². The standard InChI is InChI=1S/C9H13NO4/c1-3-14-8(11)4-5-10-6-7(10)9(12)13-2/h4-5,7H,3,6H2,1-2H3/b5-4-. The first-order valence-electron chi connectivity index (χ1n) is 4.37. The van der Waals surface area contributed by atoms with Crippen molar-refractivity contribution in [2.45, 2.75) is 13.0 Å². The Labute approximate surface area is 82.3 Å². The molecule has 0 aromatic heterocycles. The molecule has 1 heterocycles. The fourth-order valence-corrected chi connectivity index (χ4v) is 1.01. The van der Waals surface area contributed by atoms with Crippen molar-refractivity contribution in [2.75, 3.05) is 20.3 Å². The minimum Gasteiger partial charge on any atom is -0.467 e. The van der Waals surface area contributed by atoms with E-state index in [1.807, 2.05) is 0 Å². The Morgan fingerprint density at radius 1 is 1.57 bits per heavy atom. The van der Waals surface area contributed by atoms with Crippen LogP contribution in [0.3, 0.4) is 0 Å². The van der Waals surface area contributed by atoms with E-state index in [4.69, 9.17) is 0 Å². The lowest BCUT2D eigenvalue weighted by Crippen LogP contribution is -2.12. The van der Waals surface area contributed by atoms with Crippen LogP contribution in [0.25, 0.3) is 0 Å². The lowest BCUT2D eigenvalue weighted by atomic mass is 10.5. The maximum absolute atomic E-state index is 10.9. The van der Waals surface area contributed by atoms with Crippen LogP contribution in [0.4, 0.5) is 0 Å². The van der Waals surface area contributed by atoms with E-state index in [2.05, 4.69) is 9.47 Å². The Morgan fingerprint density at radius 2 is 2.29 bits per heavy atom. The maximum Gasteiger partial charge on any atom is 0.332 e. The third kappa shape index (κ3) is 2.76. The summed E-state index contributed by atoms with van der Waals surface area (Å²) in [5.41, 5.74) is 0. The molecule has 1 unspecified atom stereocenters. The highest BCUT2D eigenvalue weighted by Crippen LogP contribution is 2.18. The molecule has 0 aromatic carbocycles. The van der Waals surface area contributed by atoms with Gasteiger partial charge in [-0.25, -0.2) is 9.59 Å². The molecule has 0 saturated carbocycles. The topological polar surface area (TPSA) is 55.6 Å². The van der Waals surface area contributed by atoms with Gasteiger partial charge in [0.25, 0.3) is 0 Å². The SMILES string of the molecule is CCOC(=O)/C=C\N1CC1C(=O)OC. The van der Waals surface area contributed by atoms with Crippen LogP contribution in [0, 0.1) is 0 Å². The van der Waals surface area contributed by atoms with Crippen molar-refractivity contribution in [3.63, 3.8) is 0 Å². The van der Waals surface area contributed by atoms with E-state index in [-0.39, 0.29) is 12.0 Å². The van der Waals surface area contributed by atoms with Crippen LogP contribution < -0.4 is 0 Å². The van der Waals surface area contributed by atoms with Gasteiger partial charge in [-0.15, -0.1) is 0 Å². The summed E-state index contributed by atoms with van der Waals surface area (Å²) in [6.07, 6.45) is 2.84. The zero-order valence-corrected chi connectivity index (χ0v) is 8.23. The summed E-state index contributed by atoms with van der Waals surface area (Å²) >= 11 is 0. The molecule has 5 heteroatoms. The minimum absolute atomic E-state index is 0.231.